The maximum absolute atomic E-state index is 13.5. The van der Waals surface area contributed by atoms with Crippen LogP contribution in [-0.4, -0.2) is 42.7 Å². The summed E-state index contributed by atoms with van der Waals surface area (Å²) in [5, 5.41) is 7.70. The predicted molar refractivity (Wildman–Crippen MR) is 113 cm³/mol. The number of guanidine groups is 1. The van der Waals surface area contributed by atoms with E-state index < -0.39 is 0 Å². The molecule has 3 rings (SSSR count). The van der Waals surface area contributed by atoms with Crippen LogP contribution in [0.1, 0.15) is 45.1 Å². The highest BCUT2D eigenvalue weighted by atomic mass is 19.1. The first kappa shape index (κ1) is 21.1. The maximum Gasteiger partial charge on any atom is 0.308 e. The van der Waals surface area contributed by atoms with Crippen LogP contribution in [0, 0.1) is 11.7 Å². The third-order valence-electron chi connectivity index (χ3n) is 5.41. The molecular formula is C22H31FN4O2. The molecule has 1 aromatic heterocycles. The van der Waals surface area contributed by atoms with Gasteiger partial charge in [0.1, 0.15) is 5.82 Å². The zero-order valence-corrected chi connectivity index (χ0v) is 17.3. The molecule has 7 heteroatoms. The minimum atomic E-state index is -0.227. The third-order valence-corrected chi connectivity index (χ3v) is 5.41. The van der Waals surface area contributed by atoms with Gasteiger partial charge in [0.15, 0.2) is 5.96 Å². The van der Waals surface area contributed by atoms with Gasteiger partial charge in [0.05, 0.1) is 12.5 Å². The average molecular weight is 403 g/mol. The van der Waals surface area contributed by atoms with Gasteiger partial charge in [0, 0.05) is 36.2 Å². The first-order valence-corrected chi connectivity index (χ1v) is 10.6. The molecule has 1 fully saturated rings. The van der Waals surface area contributed by atoms with Crippen molar-refractivity contribution in [1.29, 1.82) is 0 Å². The second-order valence-corrected chi connectivity index (χ2v) is 7.46. The number of esters is 1. The Morgan fingerprint density at radius 2 is 2.07 bits per heavy atom. The van der Waals surface area contributed by atoms with Crippen molar-refractivity contribution in [3.8, 4) is 0 Å². The number of aromatic nitrogens is 1. The SMILES string of the molecule is CCNC(=NCCc1c[nH]c2ccc(F)cc12)NC1CCC(C(=O)OCC)CC1. The molecule has 0 bridgehead atoms. The Morgan fingerprint density at radius 1 is 1.28 bits per heavy atom. The van der Waals surface area contributed by atoms with Crippen molar-refractivity contribution in [2.75, 3.05) is 19.7 Å². The van der Waals surface area contributed by atoms with Crippen LogP contribution in [0.25, 0.3) is 10.9 Å². The van der Waals surface area contributed by atoms with Crippen molar-refractivity contribution in [3.05, 3.63) is 35.8 Å². The predicted octanol–water partition coefficient (Wildman–Crippen LogP) is 3.53. The molecule has 0 unspecified atom stereocenters. The molecule has 0 spiro atoms. The summed E-state index contributed by atoms with van der Waals surface area (Å²) in [6.07, 6.45) is 6.20. The number of benzene rings is 1. The van der Waals surface area contributed by atoms with E-state index >= 15 is 0 Å². The van der Waals surface area contributed by atoms with Crippen molar-refractivity contribution in [2.45, 2.75) is 52.0 Å². The van der Waals surface area contributed by atoms with E-state index in [-0.39, 0.29) is 17.7 Å². The van der Waals surface area contributed by atoms with E-state index in [1.165, 1.54) is 6.07 Å². The minimum Gasteiger partial charge on any atom is -0.466 e. The van der Waals surface area contributed by atoms with Gasteiger partial charge in [0.2, 0.25) is 0 Å². The summed E-state index contributed by atoms with van der Waals surface area (Å²) in [6.45, 7) is 5.71. The van der Waals surface area contributed by atoms with Crippen molar-refractivity contribution in [2.24, 2.45) is 10.9 Å². The van der Waals surface area contributed by atoms with E-state index in [0.29, 0.717) is 19.2 Å². The van der Waals surface area contributed by atoms with E-state index in [4.69, 9.17) is 9.73 Å². The second-order valence-electron chi connectivity index (χ2n) is 7.46. The molecule has 1 aliphatic rings. The van der Waals surface area contributed by atoms with E-state index in [1.54, 1.807) is 12.1 Å². The number of nitrogens with zero attached hydrogens (tertiary/aromatic N) is 1. The molecule has 2 aromatic rings. The molecule has 0 aliphatic heterocycles. The van der Waals surface area contributed by atoms with Crippen LogP contribution in [-0.2, 0) is 16.0 Å². The lowest BCUT2D eigenvalue weighted by atomic mass is 9.86. The molecule has 0 saturated heterocycles. The second kappa shape index (κ2) is 10.3. The van der Waals surface area contributed by atoms with Crippen LogP contribution in [0.2, 0.25) is 0 Å². The van der Waals surface area contributed by atoms with Gasteiger partial charge in [-0.2, -0.15) is 0 Å². The minimum absolute atomic E-state index is 0.0230. The fraction of sp³-hybridized carbons (Fsp3) is 0.545. The summed E-state index contributed by atoms with van der Waals surface area (Å²) in [7, 11) is 0. The fourth-order valence-corrected chi connectivity index (χ4v) is 3.89. The lowest BCUT2D eigenvalue weighted by Gasteiger charge is -2.29. The highest BCUT2D eigenvalue weighted by Crippen LogP contribution is 2.25. The van der Waals surface area contributed by atoms with Gasteiger partial charge in [0.25, 0.3) is 0 Å². The molecule has 3 N–H and O–H groups in total. The molecular weight excluding hydrogens is 371 g/mol. The van der Waals surface area contributed by atoms with Gasteiger partial charge in [-0.05, 0) is 69.7 Å². The Morgan fingerprint density at radius 3 is 2.79 bits per heavy atom. The monoisotopic (exact) mass is 402 g/mol. The number of aromatic amines is 1. The number of aliphatic imine (C=N–C) groups is 1. The molecule has 1 aliphatic carbocycles. The molecule has 29 heavy (non-hydrogen) atoms. The van der Waals surface area contributed by atoms with Gasteiger partial charge in [-0.15, -0.1) is 0 Å². The molecule has 158 valence electrons. The van der Waals surface area contributed by atoms with E-state index in [1.807, 2.05) is 20.0 Å². The molecule has 1 aromatic carbocycles. The van der Waals surface area contributed by atoms with E-state index in [9.17, 15) is 9.18 Å². The smallest absolute Gasteiger partial charge is 0.308 e. The van der Waals surface area contributed by atoms with Crippen molar-refractivity contribution in [3.63, 3.8) is 0 Å². The third kappa shape index (κ3) is 5.71. The molecule has 1 heterocycles. The van der Waals surface area contributed by atoms with Crippen LogP contribution in [0.15, 0.2) is 29.4 Å². The summed E-state index contributed by atoms with van der Waals surface area (Å²) in [6, 6.07) is 5.09. The summed E-state index contributed by atoms with van der Waals surface area (Å²) in [5.41, 5.74) is 2.00. The number of halogens is 1. The zero-order chi connectivity index (χ0) is 20.6. The number of rotatable bonds is 7. The number of carbonyl (C=O) groups is 1. The molecule has 0 atom stereocenters. The summed E-state index contributed by atoms with van der Waals surface area (Å²) < 4.78 is 18.7. The van der Waals surface area contributed by atoms with Gasteiger partial charge < -0.3 is 20.4 Å². The lowest BCUT2D eigenvalue weighted by molar-refractivity contribution is -0.149. The topological polar surface area (TPSA) is 78.5 Å². The maximum atomic E-state index is 13.5. The standard InChI is InChI=1S/C22H31FN4O2/c1-3-24-22(27-18-8-5-15(6-9-18)21(28)29-4-2)25-12-11-16-14-26-20-10-7-17(23)13-19(16)20/h7,10,13-15,18,26H,3-6,8-9,11-12H2,1-2H3,(H2,24,25,27). The van der Waals surface area contributed by atoms with Gasteiger partial charge in [-0.1, -0.05) is 0 Å². The Labute approximate surface area is 171 Å². The lowest BCUT2D eigenvalue weighted by Crippen LogP contribution is -2.45. The van der Waals surface area contributed by atoms with E-state index in [2.05, 4.69) is 15.6 Å². The van der Waals surface area contributed by atoms with E-state index in [0.717, 1.165) is 61.1 Å². The number of carbonyl (C=O) groups excluding carboxylic acids is 1. The number of H-pyrrole nitrogens is 1. The summed E-state index contributed by atoms with van der Waals surface area (Å²) in [4.78, 5) is 19.8. The molecule has 0 amide bonds. The van der Waals surface area contributed by atoms with Crippen molar-refractivity contribution >= 4 is 22.8 Å². The molecule has 6 nitrogen and oxygen atoms in total. The van der Waals surface area contributed by atoms with Crippen molar-refractivity contribution < 1.29 is 13.9 Å². The van der Waals surface area contributed by atoms with Crippen LogP contribution in [0.4, 0.5) is 4.39 Å². The number of hydrogen-bond acceptors (Lipinski definition) is 3. The fourth-order valence-electron chi connectivity index (χ4n) is 3.89. The number of ether oxygens (including phenoxy) is 1. The molecule has 0 radical (unpaired) electrons. The Balaban J connectivity index is 1.53. The Kier molecular flexibility index (Phi) is 7.49. The van der Waals surface area contributed by atoms with Crippen LogP contribution in [0.3, 0.4) is 0 Å². The molecule has 1 saturated carbocycles. The largest absolute Gasteiger partial charge is 0.466 e. The Hall–Kier alpha value is -2.57. The quantitative estimate of drug-likeness (QED) is 0.376. The summed E-state index contributed by atoms with van der Waals surface area (Å²) >= 11 is 0. The first-order chi connectivity index (χ1) is 14.1. The number of nitrogens with one attached hydrogen (secondary N) is 3. The zero-order valence-electron chi connectivity index (χ0n) is 17.3. The summed E-state index contributed by atoms with van der Waals surface area (Å²) in [5.74, 6) is 0.518. The van der Waals surface area contributed by atoms with Crippen molar-refractivity contribution in [1.82, 2.24) is 15.6 Å². The normalized spacial score (nSPS) is 19.9. The van der Waals surface area contributed by atoms with Crippen LogP contribution >= 0.6 is 0 Å². The van der Waals surface area contributed by atoms with Gasteiger partial charge in [-0.3, -0.25) is 9.79 Å². The first-order valence-electron chi connectivity index (χ1n) is 10.6. The number of fused-ring (bicyclic) bond motifs is 1. The number of hydrogen-bond donors (Lipinski definition) is 3. The van der Waals surface area contributed by atoms with Crippen LogP contribution in [0.5, 0.6) is 0 Å². The van der Waals surface area contributed by atoms with Gasteiger partial charge in [-0.25, -0.2) is 4.39 Å². The average Bonchev–Trinajstić information content (AvgIpc) is 3.11. The van der Waals surface area contributed by atoms with Crippen LogP contribution < -0.4 is 10.6 Å². The van der Waals surface area contributed by atoms with Gasteiger partial charge >= 0.3 is 5.97 Å². The highest BCUT2D eigenvalue weighted by Gasteiger charge is 2.27. The Bertz CT molecular complexity index is 840. The highest BCUT2D eigenvalue weighted by molar-refractivity contribution is 5.83.